The van der Waals surface area contributed by atoms with Crippen LogP contribution in [0.25, 0.3) is 0 Å². The van der Waals surface area contributed by atoms with Gasteiger partial charge in [0.2, 0.25) is 6.23 Å². The number of fused-ring (bicyclic) bond motifs is 3. The molecular formula is C23H20N2O4. The van der Waals surface area contributed by atoms with Crippen LogP contribution < -0.4 is 9.47 Å². The van der Waals surface area contributed by atoms with Crippen LogP contribution in [-0.4, -0.2) is 28.0 Å². The monoisotopic (exact) mass is 388 g/mol. The smallest absolute Gasteiger partial charge is 0.214 e. The van der Waals surface area contributed by atoms with Crippen molar-refractivity contribution in [1.82, 2.24) is 5.01 Å². The molecule has 146 valence electrons. The van der Waals surface area contributed by atoms with Crippen LogP contribution in [0.5, 0.6) is 23.0 Å². The van der Waals surface area contributed by atoms with Crippen molar-refractivity contribution in [3.05, 3.63) is 83.4 Å². The number of benzene rings is 3. The third-order valence-electron chi connectivity index (χ3n) is 5.39. The Kier molecular flexibility index (Phi) is 4.05. The molecule has 2 aliphatic heterocycles. The average molecular weight is 388 g/mol. The molecule has 5 rings (SSSR count). The minimum atomic E-state index is -0.479. The van der Waals surface area contributed by atoms with Gasteiger partial charge in [0.1, 0.15) is 11.5 Å². The summed E-state index contributed by atoms with van der Waals surface area (Å²) in [7, 11) is 1.62. The van der Waals surface area contributed by atoms with Crippen LogP contribution in [0.15, 0.2) is 71.8 Å². The maximum atomic E-state index is 10.3. The predicted molar refractivity (Wildman–Crippen MR) is 108 cm³/mol. The number of aromatic hydroxyl groups is 2. The van der Waals surface area contributed by atoms with Crippen molar-refractivity contribution in [1.29, 1.82) is 0 Å². The Labute approximate surface area is 168 Å². The van der Waals surface area contributed by atoms with Gasteiger partial charge in [-0.2, -0.15) is 5.10 Å². The molecule has 0 radical (unpaired) electrons. The number of nitrogens with zero attached hydrogens (tertiary/aromatic N) is 2. The maximum Gasteiger partial charge on any atom is 0.214 e. The Morgan fingerprint density at radius 2 is 1.79 bits per heavy atom. The molecule has 3 aromatic carbocycles. The number of hydrogen-bond acceptors (Lipinski definition) is 6. The van der Waals surface area contributed by atoms with E-state index >= 15 is 0 Å². The van der Waals surface area contributed by atoms with Crippen LogP contribution in [0.2, 0.25) is 0 Å². The zero-order valence-electron chi connectivity index (χ0n) is 15.8. The first-order valence-electron chi connectivity index (χ1n) is 9.42. The summed E-state index contributed by atoms with van der Waals surface area (Å²) in [6.07, 6.45) is 0.156. The number of rotatable bonds is 3. The van der Waals surface area contributed by atoms with E-state index in [9.17, 15) is 10.2 Å². The second-order valence-electron chi connectivity index (χ2n) is 7.10. The van der Waals surface area contributed by atoms with E-state index < -0.39 is 6.23 Å². The molecule has 0 saturated heterocycles. The number of ether oxygens (including phenoxy) is 2. The summed E-state index contributed by atoms with van der Waals surface area (Å²) in [4.78, 5) is 0. The maximum absolute atomic E-state index is 10.3. The molecule has 0 saturated carbocycles. The van der Waals surface area contributed by atoms with Crippen LogP contribution in [0, 0.1) is 0 Å². The third-order valence-corrected chi connectivity index (χ3v) is 5.39. The van der Waals surface area contributed by atoms with Gasteiger partial charge in [-0.1, -0.05) is 24.3 Å². The molecule has 29 heavy (non-hydrogen) atoms. The fraction of sp³-hybridized carbons (Fsp3) is 0.174. The molecule has 2 aliphatic rings. The molecule has 0 aromatic heterocycles. The third kappa shape index (κ3) is 2.84. The largest absolute Gasteiger partial charge is 0.508 e. The highest BCUT2D eigenvalue weighted by atomic mass is 16.5. The molecule has 2 atom stereocenters. The topological polar surface area (TPSA) is 74.5 Å². The van der Waals surface area contributed by atoms with Gasteiger partial charge >= 0.3 is 0 Å². The minimum absolute atomic E-state index is 0.0535. The first-order valence-corrected chi connectivity index (χ1v) is 9.42. The fourth-order valence-electron chi connectivity index (χ4n) is 3.98. The highest BCUT2D eigenvalue weighted by molar-refractivity contribution is 6.04. The van der Waals surface area contributed by atoms with E-state index in [0.29, 0.717) is 17.9 Å². The predicted octanol–water partition coefficient (Wildman–Crippen LogP) is 4.35. The molecule has 6 heteroatoms. The van der Waals surface area contributed by atoms with Crippen molar-refractivity contribution < 1.29 is 19.7 Å². The molecule has 2 heterocycles. The first kappa shape index (κ1) is 17.4. The molecule has 3 aromatic rings. The van der Waals surface area contributed by atoms with Gasteiger partial charge < -0.3 is 19.7 Å². The summed E-state index contributed by atoms with van der Waals surface area (Å²) in [5.41, 5.74) is 3.38. The van der Waals surface area contributed by atoms with Gasteiger partial charge in [0.15, 0.2) is 11.5 Å². The van der Waals surface area contributed by atoms with Gasteiger partial charge in [0, 0.05) is 23.1 Å². The molecule has 0 amide bonds. The molecule has 0 aliphatic carbocycles. The van der Waals surface area contributed by atoms with Gasteiger partial charge in [-0.3, -0.25) is 0 Å². The van der Waals surface area contributed by atoms with Crippen molar-refractivity contribution in [2.45, 2.75) is 18.7 Å². The highest BCUT2D eigenvalue weighted by Crippen LogP contribution is 2.51. The van der Waals surface area contributed by atoms with Gasteiger partial charge in [0.25, 0.3) is 0 Å². The minimum Gasteiger partial charge on any atom is -0.508 e. The zero-order valence-corrected chi connectivity index (χ0v) is 15.8. The number of hydrogen-bond donors (Lipinski definition) is 2. The van der Waals surface area contributed by atoms with Gasteiger partial charge in [-0.25, -0.2) is 5.01 Å². The van der Waals surface area contributed by atoms with Crippen LogP contribution >= 0.6 is 0 Å². The van der Waals surface area contributed by atoms with E-state index in [1.807, 2.05) is 47.5 Å². The van der Waals surface area contributed by atoms with Crippen LogP contribution in [0.1, 0.15) is 35.4 Å². The molecule has 0 unspecified atom stereocenters. The molecular weight excluding hydrogens is 368 g/mol. The lowest BCUT2D eigenvalue weighted by atomic mass is 9.95. The summed E-state index contributed by atoms with van der Waals surface area (Å²) in [5, 5.41) is 26.8. The lowest BCUT2D eigenvalue weighted by Crippen LogP contribution is -2.33. The van der Waals surface area contributed by atoms with Crippen molar-refractivity contribution >= 4 is 5.71 Å². The number of para-hydroxylation sites is 2. The van der Waals surface area contributed by atoms with Gasteiger partial charge in [0.05, 0.1) is 18.9 Å². The van der Waals surface area contributed by atoms with E-state index in [0.717, 1.165) is 22.4 Å². The van der Waals surface area contributed by atoms with Crippen LogP contribution in [0.4, 0.5) is 0 Å². The normalized spacial score (nSPS) is 19.8. The second-order valence-corrected chi connectivity index (χ2v) is 7.10. The Hall–Kier alpha value is -3.67. The van der Waals surface area contributed by atoms with Gasteiger partial charge in [-0.15, -0.1) is 0 Å². The Morgan fingerprint density at radius 1 is 1.00 bits per heavy atom. The average Bonchev–Trinajstić information content (AvgIpc) is 3.19. The summed E-state index contributed by atoms with van der Waals surface area (Å²) >= 11 is 0. The van der Waals surface area contributed by atoms with Crippen LogP contribution in [0.3, 0.4) is 0 Å². The Morgan fingerprint density at radius 3 is 2.55 bits per heavy atom. The second kappa shape index (κ2) is 6.74. The standard InChI is InChI=1S/C23H20N2O4/c1-28-21-8-4-6-17-19-13-18(16-5-2-3-7-20(16)27)24-25(19)23(29-22(17)21)14-9-11-15(26)12-10-14/h2-12,19,23,26-27H,13H2,1H3/t19-,23+/m0/s1. The quantitative estimate of drug-likeness (QED) is 0.698. The lowest BCUT2D eigenvalue weighted by molar-refractivity contribution is -0.0209. The van der Waals surface area contributed by atoms with Crippen molar-refractivity contribution in [3.63, 3.8) is 0 Å². The fourth-order valence-corrected chi connectivity index (χ4v) is 3.98. The number of hydrazone groups is 1. The number of phenolic OH excluding ortho intramolecular Hbond substituents is 2. The molecule has 0 spiro atoms. The summed E-state index contributed by atoms with van der Waals surface area (Å²) < 4.78 is 11.9. The number of phenols is 2. The SMILES string of the molecule is COc1cccc2c1O[C@H](c1ccc(O)cc1)N1N=C(c3ccccc3O)C[C@@H]21. The van der Waals surface area contributed by atoms with E-state index in [1.54, 1.807) is 31.4 Å². The van der Waals surface area contributed by atoms with Gasteiger partial charge in [-0.05, 0) is 42.5 Å². The first-order chi connectivity index (χ1) is 14.2. The molecule has 6 nitrogen and oxygen atoms in total. The highest BCUT2D eigenvalue weighted by Gasteiger charge is 2.42. The lowest BCUT2D eigenvalue weighted by Gasteiger charge is -2.38. The molecule has 0 bridgehead atoms. The van der Waals surface area contributed by atoms with E-state index in [-0.39, 0.29) is 17.5 Å². The van der Waals surface area contributed by atoms with E-state index in [4.69, 9.17) is 14.6 Å². The zero-order chi connectivity index (χ0) is 20.0. The number of methoxy groups -OCH3 is 1. The Balaban J connectivity index is 1.63. The summed E-state index contributed by atoms with van der Waals surface area (Å²) in [6, 6.07) is 19.9. The summed E-state index contributed by atoms with van der Waals surface area (Å²) in [5.74, 6) is 1.77. The van der Waals surface area contributed by atoms with Crippen LogP contribution in [-0.2, 0) is 0 Å². The van der Waals surface area contributed by atoms with E-state index in [1.165, 1.54) is 0 Å². The van der Waals surface area contributed by atoms with Crippen molar-refractivity contribution in [2.75, 3.05) is 7.11 Å². The molecule has 0 fully saturated rings. The van der Waals surface area contributed by atoms with E-state index in [2.05, 4.69) is 0 Å². The summed E-state index contributed by atoms with van der Waals surface area (Å²) in [6.45, 7) is 0. The molecule has 2 N–H and O–H groups in total. The Bertz CT molecular complexity index is 1090. The van der Waals surface area contributed by atoms with Crippen molar-refractivity contribution in [3.8, 4) is 23.0 Å². The van der Waals surface area contributed by atoms with Crippen molar-refractivity contribution in [2.24, 2.45) is 5.10 Å².